The molecule has 2 amide bonds. The average molecular weight is 512 g/mol. The number of fused-ring (bicyclic) bond motifs is 1. The molecule has 0 aliphatic rings. The van der Waals surface area contributed by atoms with Crippen molar-refractivity contribution >= 4 is 34.3 Å². The standard InChI is InChI=1S/C30H33N5O3/c1-20(2)17-18-31-30(38)29(23-12-6-5-11-21(23)3)35(26-15-9-7-13-24(26)22(4)36)28(37)19-34-27-16-10-8-14-25(27)32-33-34/h5-16,20,29H,17-19H2,1-4H3,(H,31,38)/t29-/m1/s1. The number of nitrogens with one attached hydrogen (secondary N) is 1. The zero-order valence-corrected chi connectivity index (χ0v) is 22.2. The zero-order chi connectivity index (χ0) is 27.2. The maximum Gasteiger partial charge on any atom is 0.249 e. The van der Waals surface area contributed by atoms with Crippen molar-refractivity contribution < 1.29 is 14.4 Å². The van der Waals surface area contributed by atoms with Crippen molar-refractivity contribution in [3.8, 4) is 0 Å². The van der Waals surface area contributed by atoms with Gasteiger partial charge in [0.2, 0.25) is 11.8 Å². The fourth-order valence-corrected chi connectivity index (χ4v) is 4.51. The van der Waals surface area contributed by atoms with Crippen molar-refractivity contribution in [2.24, 2.45) is 5.92 Å². The van der Waals surface area contributed by atoms with E-state index in [1.165, 1.54) is 16.5 Å². The van der Waals surface area contributed by atoms with Gasteiger partial charge in [0.05, 0.1) is 11.2 Å². The molecule has 3 aromatic carbocycles. The van der Waals surface area contributed by atoms with E-state index in [0.29, 0.717) is 40.3 Å². The fourth-order valence-electron chi connectivity index (χ4n) is 4.51. The summed E-state index contributed by atoms with van der Waals surface area (Å²) in [6, 6.07) is 20.8. The van der Waals surface area contributed by atoms with Crippen molar-refractivity contribution in [3.05, 3.63) is 89.5 Å². The van der Waals surface area contributed by atoms with Crippen molar-refractivity contribution in [1.29, 1.82) is 0 Å². The van der Waals surface area contributed by atoms with Crippen LogP contribution < -0.4 is 10.2 Å². The number of anilines is 1. The number of Topliss-reactive ketones (excluding diaryl/α,β-unsaturated/α-hetero) is 1. The van der Waals surface area contributed by atoms with Gasteiger partial charge in [-0.25, -0.2) is 4.68 Å². The van der Waals surface area contributed by atoms with Crippen LogP contribution >= 0.6 is 0 Å². The number of benzene rings is 3. The lowest BCUT2D eigenvalue weighted by molar-refractivity contribution is -0.127. The first kappa shape index (κ1) is 26.7. The van der Waals surface area contributed by atoms with Crippen LogP contribution in [0, 0.1) is 12.8 Å². The van der Waals surface area contributed by atoms with Crippen LogP contribution in [0.2, 0.25) is 0 Å². The van der Waals surface area contributed by atoms with E-state index in [2.05, 4.69) is 29.5 Å². The van der Waals surface area contributed by atoms with Crippen LogP contribution in [-0.2, 0) is 16.1 Å². The van der Waals surface area contributed by atoms with Gasteiger partial charge in [-0.15, -0.1) is 5.10 Å². The molecule has 0 bridgehead atoms. The quantitative estimate of drug-likeness (QED) is 0.306. The number of hydrogen-bond donors (Lipinski definition) is 1. The minimum absolute atomic E-state index is 0.158. The number of aryl methyl sites for hydroxylation is 1. The van der Waals surface area contributed by atoms with Gasteiger partial charge in [-0.3, -0.25) is 19.3 Å². The van der Waals surface area contributed by atoms with E-state index in [9.17, 15) is 14.4 Å². The Hall–Kier alpha value is -4.33. The Balaban J connectivity index is 1.85. The molecule has 1 N–H and O–H groups in total. The highest BCUT2D eigenvalue weighted by Crippen LogP contribution is 2.33. The minimum atomic E-state index is -0.994. The lowest BCUT2D eigenvalue weighted by atomic mass is 9.96. The molecular formula is C30H33N5O3. The van der Waals surface area contributed by atoms with Crippen LogP contribution in [-0.4, -0.2) is 39.1 Å². The van der Waals surface area contributed by atoms with Crippen LogP contribution in [0.3, 0.4) is 0 Å². The van der Waals surface area contributed by atoms with Gasteiger partial charge in [0.15, 0.2) is 5.78 Å². The number of rotatable bonds is 10. The van der Waals surface area contributed by atoms with Gasteiger partial charge in [-0.1, -0.05) is 67.6 Å². The molecule has 196 valence electrons. The minimum Gasteiger partial charge on any atom is -0.354 e. The highest BCUT2D eigenvalue weighted by molar-refractivity contribution is 6.08. The second-order valence-corrected chi connectivity index (χ2v) is 9.81. The summed E-state index contributed by atoms with van der Waals surface area (Å²) in [6.45, 7) is 7.86. The van der Waals surface area contributed by atoms with Crippen molar-refractivity contribution in [2.75, 3.05) is 11.4 Å². The van der Waals surface area contributed by atoms with Gasteiger partial charge in [0.1, 0.15) is 18.1 Å². The molecule has 0 aliphatic heterocycles. The normalized spacial score (nSPS) is 11.9. The molecule has 8 heteroatoms. The number of carbonyl (C=O) groups excluding carboxylic acids is 3. The zero-order valence-electron chi connectivity index (χ0n) is 22.2. The number of ketones is 1. The second kappa shape index (κ2) is 11.8. The van der Waals surface area contributed by atoms with E-state index in [1.54, 1.807) is 24.3 Å². The number of hydrogen-bond acceptors (Lipinski definition) is 5. The molecule has 1 aromatic heterocycles. The molecule has 0 spiro atoms. The molecule has 1 atom stereocenters. The van der Waals surface area contributed by atoms with E-state index in [-0.39, 0.29) is 24.1 Å². The van der Waals surface area contributed by atoms with Gasteiger partial charge in [0, 0.05) is 12.1 Å². The van der Waals surface area contributed by atoms with Gasteiger partial charge in [-0.2, -0.15) is 0 Å². The number of amides is 2. The Labute approximate surface area is 222 Å². The summed E-state index contributed by atoms with van der Waals surface area (Å²) >= 11 is 0. The van der Waals surface area contributed by atoms with Crippen LogP contribution in [0.15, 0.2) is 72.8 Å². The third-order valence-electron chi connectivity index (χ3n) is 6.53. The van der Waals surface area contributed by atoms with Crippen LogP contribution in [0.4, 0.5) is 5.69 Å². The van der Waals surface area contributed by atoms with E-state index in [4.69, 9.17) is 0 Å². The van der Waals surface area contributed by atoms with E-state index in [0.717, 1.165) is 12.0 Å². The summed E-state index contributed by atoms with van der Waals surface area (Å²) in [5.41, 5.74) is 3.65. The summed E-state index contributed by atoms with van der Waals surface area (Å²) in [4.78, 5) is 42.2. The molecule has 0 unspecified atom stereocenters. The Morgan fingerprint density at radius 3 is 2.37 bits per heavy atom. The third-order valence-corrected chi connectivity index (χ3v) is 6.53. The molecular weight excluding hydrogens is 478 g/mol. The summed E-state index contributed by atoms with van der Waals surface area (Å²) in [5, 5.41) is 11.4. The molecule has 0 fully saturated rings. The predicted octanol–water partition coefficient (Wildman–Crippen LogP) is 4.88. The maximum atomic E-state index is 14.2. The van der Waals surface area contributed by atoms with E-state index >= 15 is 0 Å². The van der Waals surface area contributed by atoms with Gasteiger partial charge >= 0.3 is 0 Å². The smallest absolute Gasteiger partial charge is 0.249 e. The highest BCUT2D eigenvalue weighted by atomic mass is 16.2. The Bertz CT molecular complexity index is 1460. The van der Waals surface area contributed by atoms with Gasteiger partial charge in [-0.05, 0) is 61.6 Å². The largest absolute Gasteiger partial charge is 0.354 e. The molecule has 0 saturated heterocycles. The van der Waals surface area contributed by atoms with Crippen molar-refractivity contribution in [1.82, 2.24) is 20.3 Å². The second-order valence-electron chi connectivity index (χ2n) is 9.81. The molecule has 4 rings (SSSR count). The Morgan fingerprint density at radius 2 is 1.63 bits per heavy atom. The van der Waals surface area contributed by atoms with Crippen molar-refractivity contribution in [2.45, 2.75) is 46.7 Å². The number of para-hydroxylation sites is 2. The third kappa shape index (κ3) is 5.80. The first-order valence-electron chi connectivity index (χ1n) is 12.8. The van der Waals surface area contributed by atoms with Crippen LogP contribution in [0.25, 0.3) is 11.0 Å². The first-order valence-corrected chi connectivity index (χ1v) is 12.8. The fraction of sp³-hybridized carbons (Fsp3) is 0.300. The molecule has 1 heterocycles. The summed E-state index contributed by atoms with van der Waals surface area (Å²) in [7, 11) is 0. The summed E-state index contributed by atoms with van der Waals surface area (Å²) in [5.74, 6) is -0.492. The summed E-state index contributed by atoms with van der Waals surface area (Å²) in [6.07, 6.45) is 0.801. The molecule has 38 heavy (non-hydrogen) atoms. The van der Waals surface area contributed by atoms with E-state index in [1.807, 2.05) is 55.5 Å². The molecule has 0 aliphatic carbocycles. The van der Waals surface area contributed by atoms with E-state index < -0.39 is 6.04 Å². The lowest BCUT2D eigenvalue weighted by Crippen LogP contribution is -2.46. The SMILES string of the molecule is CC(=O)c1ccccc1N(C(=O)Cn1nnc2ccccc21)[C@@H](C(=O)NCCC(C)C)c1ccccc1C. The average Bonchev–Trinajstić information content (AvgIpc) is 3.30. The molecule has 0 radical (unpaired) electrons. The predicted molar refractivity (Wildman–Crippen MR) is 148 cm³/mol. The number of aromatic nitrogens is 3. The van der Waals surface area contributed by atoms with Gasteiger partial charge in [0.25, 0.3) is 0 Å². The molecule has 0 saturated carbocycles. The van der Waals surface area contributed by atoms with Gasteiger partial charge < -0.3 is 5.32 Å². The van der Waals surface area contributed by atoms with Crippen LogP contribution in [0.5, 0.6) is 0 Å². The lowest BCUT2D eigenvalue weighted by Gasteiger charge is -2.33. The monoisotopic (exact) mass is 511 g/mol. The first-order chi connectivity index (χ1) is 18.3. The number of nitrogens with zero attached hydrogens (tertiary/aromatic N) is 4. The maximum absolute atomic E-state index is 14.2. The highest BCUT2D eigenvalue weighted by Gasteiger charge is 2.35. The topological polar surface area (TPSA) is 97.2 Å². The Morgan fingerprint density at radius 1 is 0.947 bits per heavy atom. The number of carbonyl (C=O) groups is 3. The molecule has 4 aromatic rings. The van der Waals surface area contributed by atoms with Crippen molar-refractivity contribution in [3.63, 3.8) is 0 Å². The Kier molecular flexibility index (Phi) is 8.31. The summed E-state index contributed by atoms with van der Waals surface area (Å²) < 4.78 is 1.52. The van der Waals surface area contributed by atoms with Crippen LogP contribution in [0.1, 0.15) is 54.7 Å². The molecule has 8 nitrogen and oxygen atoms in total.